The summed E-state index contributed by atoms with van der Waals surface area (Å²) in [7, 11) is 2.99. The van der Waals surface area contributed by atoms with Crippen molar-refractivity contribution in [3.05, 3.63) is 35.9 Å². The van der Waals surface area contributed by atoms with Crippen LogP contribution in [0.15, 0.2) is 30.3 Å². The Balaban J connectivity index is 1.72. The Morgan fingerprint density at radius 3 is 2.62 bits per heavy atom. The van der Waals surface area contributed by atoms with E-state index in [0.29, 0.717) is 6.54 Å². The largest absolute Gasteiger partial charge is 0.469 e. The number of benzene rings is 1. The number of methoxy groups -OCH3 is 2. The van der Waals surface area contributed by atoms with Gasteiger partial charge in [0.15, 0.2) is 12.1 Å². The van der Waals surface area contributed by atoms with Crippen molar-refractivity contribution in [3.63, 3.8) is 0 Å². The normalized spacial score (nSPS) is 30.8. The maximum Gasteiger partial charge on any atom is 0.307 e. The zero-order valence-corrected chi connectivity index (χ0v) is 15.6. The van der Waals surface area contributed by atoms with Gasteiger partial charge < -0.3 is 29.0 Å². The second kappa shape index (κ2) is 8.02. The minimum atomic E-state index is -0.716. The Morgan fingerprint density at radius 2 is 1.96 bits per heavy atom. The predicted octanol–water partition coefficient (Wildman–Crippen LogP) is 1.60. The van der Waals surface area contributed by atoms with Gasteiger partial charge in [-0.1, -0.05) is 30.3 Å². The topological polar surface area (TPSA) is 75.3 Å². The predicted molar refractivity (Wildman–Crippen MR) is 93.2 cm³/mol. The maximum absolute atomic E-state index is 11.9. The van der Waals surface area contributed by atoms with Crippen LogP contribution in [0.4, 0.5) is 0 Å². The van der Waals surface area contributed by atoms with Crippen LogP contribution < -0.4 is 5.32 Å². The molecule has 1 aromatic rings. The number of rotatable bonds is 7. The molecule has 5 atom stereocenters. The van der Waals surface area contributed by atoms with Crippen molar-refractivity contribution in [2.45, 2.75) is 63.2 Å². The Kier molecular flexibility index (Phi) is 5.94. The summed E-state index contributed by atoms with van der Waals surface area (Å²) in [6.45, 7) is 4.29. The number of fused-ring (bicyclic) bond motifs is 1. The molecule has 0 radical (unpaired) electrons. The molecule has 7 nitrogen and oxygen atoms in total. The second-order valence-corrected chi connectivity index (χ2v) is 7.02. The summed E-state index contributed by atoms with van der Waals surface area (Å²) < 4.78 is 28.3. The molecule has 2 fully saturated rings. The highest BCUT2D eigenvalue weighted by atomic mass is 16.8. The van der Waals surface area contributed by atoms with Crippen molar-refractivity contribution in [2.75, 3.05) is 14.2 Å². The van der Waals surface area contributed by atoms with Crippen molar-refractivity contribution >= 4 is 5.97 Å². The Bertz CT molecular complexity index is 607. The van der Waals surface area contributed by atoms with Gasteiger partial charge in [-0.2, -0.15) is 0 Å². The molecule has 7 heteroatoms. The summed E-state index contributed by atoms with van der Waals surface area (Å²) in [6, 6.07) is 9.67. The average molecular weight is 365 g/mol. The summed E-state index contributed by atoms with van der Waals surface area (Å²) in [4.78, 5) is 11.9. The van der Waals surface area contributed by atoms with E-state index >= 15 is 0 Å². The van der Waals surface area contributed by atoms with E-state index in [1.807, 2.05) is 44.2 Å². The van der Waals surface area contributed by atoms with Crippen LogP contribution in [0.25, 0.3) is 0 Å². The van der Waals surface area contributed by atoms with E-state index in [2.05, 4.69) is 5.32 Å². The van der Waals surface area contributed by atoms with Gasteiger partial charge in [-0.3, -0.25) is 4.79 Å². The second-order valence-electron chi connectivity index (χ2n) is 7.02. The molecular formula is C19H27NO6. The SMILES string of the molecule is COC(=O)C[C@@H](NCc1ccccc1)[C@H]1O[C@@H]2OC(C)(C)O[C@@H]2[C@@H]1OC. The van der Waals surface area contributed by atoms with Crippen LogP contribution in [0.3, 0.4) is 0 Å². The fourth-order valence-electron chi connectivity index (χ4n) is 3.51. The molecule has 144 valence electrons. The maximum atomic E-state index is 11.9. The van der Waals surface area contributed by atoms with Crippen LogP contribution in [-0.4, -0.2) is 56.6 Å². The van der Waals surface area contributed by atoms with Gasteiger partial charge in [0.2, 0.25) is 0 Å². The molecule has 0 aliphatic carbocycles. The van der Waals surface area contributed by atoms with E-state index in [1.165, 1.54) is 7.11 Å². The highest BCUT2D eigenvalue weighted by molar-refractivity contribution is 5.70. The third-order valence-corrected chi connectivity index (χ3v) is 4.72. The van der Waals surface area contributed by atoms with Gasteiger partial charge in [-0.05, 0) is 19.4 Å². The minimum absolute atomic E-state index is 0.163. The smallest absolute Gasteiger partial charge is 0.307 e. The van der Waals surface area contributed by atoms with Gasteiger partial charge in [-0.15, -0.1) is 0 Å². The first kappa shape index (κ1) is 19.3. The molecule has 2 aliphatic rings. The van der Waals surface area contributed by atoms with Crippen LogP contribution in [0.5, 0.6) is 0 Å². The highest BCUT2D eigenvalue weighted by Gasteiger charge is 2.56. The summed E-state index contributed by atoms with van der Waals surface area (Å²) in [5, 5.41) is 3.40. The Labute approximate surface area is 153 Å². The molecule has 0 bridgehead atoms. The van der Waals surface area contributed by atoms with Gasteiger partial charge in [-0.25, -0.2) is 0 Å². The minimum Gasteiger partial charge on any atom is -0.469 e. The van der Waals surface area contributed by atoms with E-state index in [4.69, 9.17) is 23.7 Å². The number of carbonyl (C=O) groups excluding carboxylic acids is 1. The van der Waals surface area contributed by atoms with E-state index in [-0.39, 0.29) is 30.6 Å². The summed E-state index contributed by atoms with van der Waals surface area (Å²) in [5.41, 5.74) is 1.11. The van der Waals surface area contributed by atoms with Crippen LogP contribution in [0.2, 0.25) is 0 Å². The molecule has 2 saturated heterocycles. The van der Waals surface area contributed by atoms with Gasteiger partial charge >= 0.3 is 5.97 Å². The van der Waals surface area contributed by atoms with E-state index in [1.54, 1.807) is 7.11 Å². The monoisotopic (exact) mass is 365 g/mol. The fourth-order valence-corrected chi connectivity index (χ4v) is 3.51. The Hall–Kier alpha value is -1.51. The van der Waals surface area contributed by atoms with Crippen LogP contribution in [-0.2, 0) is 35.0 Å². The van der Waals surface area contributed by atoms with Crippen LogP contribution in [0.1, 0.15) is 25.8 Å². The third-order valence-electron chi connectivity index (χ3n) is 4.72. The fraction of sp³-hybridized carbons (Fsp3) is 0.632. The van der Waals surface area contributed by atoms with Gasteiger partial charge in [0.05, 0.1) is 13.5 Å². The Morgan fingerprint density at radius 1 is 1.23 bits per heavy atom. The lowest BCUT2D eigenvalue weighted by Gasteiger charge is -2.30. The van der Waals surface area contributed by atoms with Crippen LogP contribution >= 0.6 is 0 Å². The molecule has 0 spiro atoms. The van der Waals surface area contributed by atoms with E-state index < -0.39 is 18.2 Å². The first-order valence-corrected chi connectivity index (χ1v) is 8.81. The molecule has 1 N–H and O–H groups in total. The number of esters is 1. The molecule has 2 aliphatic heterocycles. The van der Waals surface area contributed by atoms with Crippen molar-refractivity contribution < 1.29 is 28.5 Å². The molecule has 26 heavy (non-hydrogen) atoms. The van der Waals surface area contributed by atoms with Gasteiger partial charge in [0.1, 0.15) is 18.3 Å². The molecule has 2 heterocycles. The molecule has 0 aromatic heterocycles. The number of nitrogens with one attached hydrogen (secondary N) is 1. The van der Waals surface area contributed by atoms with Crippen molar-refractivity contribution in [3.8, 4) is 0 Å². The molecule has 3 rings (SSSR count). The van der Waals surface area contributed by atoms with Crippen molar-refractivity contribution in [2.24, 2.45) is 0 Å². The van der Waals surface area contributed by atoms with Crippen molar-refractivity contribution in [1.82, 2.24) is 5.32 Å². The lowest BCUT2D eigenvalue weighted by Crippen LogP contribution is -2.49. The zero-order chi connectivity index (χ0) is 18.7. The third kappa shape index (κ3) is 4.24. The lowest BCUT2D eigenvalue weighted by molar-refractivity contribution is -0.220. The van der Waals surface area contributed by atoms with Gasteiger partial charge in [0.25, 0.3) is 0 Å². The van der Waals surface area contributed by atoms with Crippen LogP contribution in [0, 0.1) is 0 Å². The average Bonchev–Trinajstić information content (AvgIpc) is 3.10. The molecule has 0 unspecified atom stereocenters. The van der Waals surface area contributed by atoms with Crippen molar-refractivity contribution in [1.29, 1.82) is 0 Å². The van der Waals surface area contributed by atoms with E-state index in [0.717, 1.165) is 5.56 Å². The van der Waals surface area contributed by atoms with E-state index in [9.17, 15) is 4.79 Å². The summed E-state index contributed by atoms with van der Waals surface area (Å²) >= 11 is 0. The first-order chi connectivity index (χ1) is 12.4. The number of ether oxygens (including phenoxy) is 5. The zero-order valence-electron chi connectivity index (χ0n) is 15.6. The molecule has 0 saturated carbocycles. The van der Waals surface area contributed by atoms with Gasteiger partial charge in [0, 0.05) is 19.7 Å². The first-order valence-electron chi connectivity index (χ1n) is 8.81. The number of hydrogen-bond donors (Lipinski definition) is 1. The molecular weight excluding hydrogens is 338 g/mol. The number of hydrogen-bond acceptors (Lipinski definition) is 7. The lowest BCUT2D eigenvalue weighted by atomic mass is 10.00. The number of carbonyl (C=O) groups is 1. The standard InChI is InChI=1S/C19H27NO6/c1-19(2)25-17-16(23-4)15(24-18(17)26-19)13(10-14(21)22-3)20-11-12-8-6-5-7-9-12/h5-9,13,15-18,20H,10-11H2,1-4H3/t13-,15-,16-,17-,18-/m1/s1. The molecule has 0 amide bonds. The summed E-state index contributed by atoms with van der Waals surface area (Å²) in [6.07, 6.45) is -1.43. The summed E-state index contributed by atoms with van der Waals surface area (Å²) in [5.74, 6) is -1.03. The highest BCUT2D eigenvalue weighted by Crippen LogP contribution is 2.39. The molecule has 1 aromatic carbocycles. The quantitative estimate of drug-likeness (QED) is 0.736.